The third-order valence-electron chi connectivity index (χ3n) is 1.76. The van der Waals surface area contributed by atoms with Gasteiger partial charge in [0.25, 0.3) is 0 Å². The predicted octanol–water partition coefficient (Wildman–Crippen LogP) is 2.37. The summed E-state index contributed by atoms with van der Waals surface area (Å²) < 4.78 is 0. The number of phenols is 1. The Balaban J connectivity index is 3.28. The van der Waals surface area contributed by atoms with Crippen LogP contribution in [-0.4, -0.2) is 5.11 Å². The summed E-state index contributed by atoms with van der Waals surface area (Å²) in [6.07, 6.45) is 0. The van der Waals surface area contributed by atoms with Gasteiger partial charge in [-0.05, 0) is 37.1 Å². The Kier molecular flexibility index (Phi) is 2.60. The average molecular weight is 186 g/mol. The predicted molar refractivity (Wildman–Crippen MR) is 50.5 cm³/mol. The quantitative estimate of drug-likeness (QED) is 0.706. The molecule has 1 unspecified atom stereocenters. The number of phenolic OH excluding ortho intramolecular Hbond substituents is 1. The van der Waals surface area contributed by atoms with Crippen LogP contribution in [0.15, 0.2) is 12.1 Å². The molecule has 3 heteroatoms. The van der Waals surface area contributed by atoms with Crippen LogP contribution in [0.3, 0.4) is 0 Å². The number of rotatable bonds is 1. The molecule has 1 aromatic carbocycles. The molecule has 1 aromatic rings. The normalized spacial score (nSPS) is 13.0. The fourth-order valence-corrected chi connectivity index (χ4v) is 1.39. The first-order chi connectivity index (χ1) is 5.52. The summed E-state index contributed by atoms with van der Waals surface area (Å²) in [5.41, 5.74) is 7.29. The molecule has 0 fully saturated rings. The zero-order chi connectivity index (χ0) is 9.30. The smallest absolute Gasteiger partial charge is 0.116 e. The molecule has 0 radical (unpaired) electrons. The average Bonchev–Trinajstić information content (AvgIpc) is 1.96. The molecule has 0 amide bonds. The molecule has 0 aromatic heterocycles. The molecule has 0 bridgehead atoms. The summed E-state index contributed by atoms with van der Waals surface area (Å²) in [7, 11) is 0. The highest BCUT2D eigenvalue weighted by atomic mass is 35.5. The van der Waals surface area contributed by atoms with Gasteiger partial charge in [0.15, 0.2) is 0 Å². The topological polar surface area (TPSA) is 46.2 Å². The molecular formula is C9H12ClNO. The summed E-state index contributed by atoms with van der Waals surface area (Å²) in [5, 5.41) is 9.89. The van der Waals surface area contributed by atoms with Crippen molar-refractivity contribution in [2.75, 3.05) is 0 Å². The number of aryl methyl sites for hydroxylation is 1. The van der Waals surface area contributed by atoms with Gasteiger partial charge in [-0.3, -0.25) is 0 Å². The van der Waals surface area contributed by atoms with Crippen LogP contribution in [0.4, 0.5) is 0 Å². The van der Waals surface area contributed by atoms with Crippen LogP contribution in [0.1, 0.15) is 24.1 Å². The summed E-state index contributed by atoms with van der Waals surface area (Å²) in [6.45, 7) is 3.67. The van der Waals surface area contributed by atoms with Gasteiger partial charge in [0.05, 0.1) is 0 Å². The highest BCUT2D eigenvalue weighted by molar-refractivity contribution is 6.32. The molecule has 1 atom stereocenters. The van der Waals surface area contributed by atoms with Crippen molar-refractivity contribution in [1.29, 1.82) is 0 Å². The van der Waals surface area contributed by atoms with Crippen molar-refractivity contribution in [2.45, 2.75) is 19.9 Å². The highest BCUT2D eigenvalue weighted by Crippen LogP contribution is 2.29. The van der Waals surface area contributed by atoms with E-state index < -0.39 is 0 Å². The Hall–Kier alpha value is -0.730. The van der Waals surface area contributed by atoms with E-state index in [1.54, 1.807) is 12.1 Å². The fraction of sp³-hybridized carbons (Fsp3) is 0.333. The molecule has 0 saturated heterocycles. The monoisotopic (exact) mass is 185 g/mol. The zero-order valence-corrected chi connectivity index (χ0v) is 7.89. The van der Waals surface area contributed by atoms with E-state index in [1.165, 1.54) is 0 Å². The van der Waals surface area contributed by atoms with Crippen LogP contribution in [0.25, 0.3) is 0 Å². The Labute approximate surface area is 77.0 Å². The van der Waals surface area contributed by atoms with E-state index in [4.69, 9.17) is 17.3 Å². The van der Waals surface area contributed by atoms with Crippen LogP contribution in [0, 0.1) is 6.92 Å². The van der Waals surface area contributed by atoms with Crippen LogP contribution >= 0.6 is 11.6 Å². The number of aromatic hydroxyl groups is 1. The third kappa shape index (κ3) is 1.71. The van der Waals surface area contributed by atoms with Crippen molar-refractivity contribution >= 4 is 11.6 Å². The minimum Gasteiger partial charge on any atom is -0.508 e. The Morgan fingerprint density at radius 2 is 2.08 bits per heavy atom. The number of hydrogen-bond donors (Lipinski definition) is 2. The van der Waals surface area contributed by atoms with E-state index in [1.807, 2.05) is 13.8 Å². The van der Waals surface area contributed by atoms with Gasteiger partial charge < -0.3 is 10.8 Å². The minimum absolute atomic E-state index is 0.150. The highest BCUT2D eigenvalue weighted by Gasteiger charge is 2.08. The van der Waals surface area contributed by atoms with Gasteiger partial charge >= 0.3 is 0 Å². The summed E-state index contributed by atoms with van der Waals surface area (Å²) in [6, 6.07) is 3.07. The second-order valence-electron chi connectivity index (χ2n) is 2.95. The zero-order valence-electron chi connectivity index (χ0n) is 7.13. The van der Waals surface area contributed by atoms with Crippen LogP contribution < -0.4 is 5.73 Å². The summed E-state index contributed by atoms with van der Waals surface area (Å²) in [4.78, 5) is 0. The molecule has 2 nitrogen and oxygen atoms in total. The molecule has 0 aliphatic rings. The van der Waals surface area contributed by atoms with E-state index in [9.17, 15) is 5.11 Å². The third-order valence-corrected chi connectivity index (χ3v) is 2.27. The lowest BCUT2D eigenvalue weighted by molar-refractivity contribution is 0.473. The van der Waals surface area contributed by atoms with Gasteiger partial charge in [0.1, 0.15) is 5.75 Å². The van der Waals surface area contributed by atoms with Crippen molar-refractivity contribution < 1.29 is 5.11 Å². The first-order valence-electron chi connectivity index (χ1n) is 3.77. The van der Waals surface area contributed by atoms with E-state index in [2.05, 4.69) is 0 Å². The largest absolute Gasteiger partial charge is 0.508 e. The van der Waals surface area contributed by atoms with E-state index >= 15 is 0 Å². The molecular weight excluding hydrogens is 174 g/mol. The first kappa shape index (κ1) is 9.36. The van der Waals surface area contributed by atoms with Gasteiger partial charge in [-0.2, -0.15) is 0 Å². The molecule has 0 aliphatic heterocycles. The van der Waals surface area contributed by atoms with E-state index in [0.717, 1.165) is 11.1 Å². The molecule has 0 spiro atoms. The lowest BCUT2D eigenvalue weighted by Gasteiger charge is -2.10. The van der Waals surface area contributed by atoms with Crippen molar-refractivity contribution in [3.63, 3.8) is 0 Å². The number of halogens is 1. The fourth-order valence-electron chi connectivity index (χ4n) is 1.11. The second kappa shape index (κ2) is 3.33. The summed E-state index contributed by atoms with van der Waals surface area (Å²) in [5.74, 6) is 0.212. The first-order valence-corrected chi connectivity index (χ1v) is 4.14. The van der Waals surface area contributed by atoms with Gasteiger partial charge in [0.2, 0.25) is 0 Å². The SMILES string of the molecule is Cc1cc(O)cc(C(C)N)c1Cl. The molecule has 0 saturated carbocycles. The lowest BCUT2D eigenvalue weighted by Crippen LogP contribution is -2.06. The van der Waals surface area contributed by atoms with Crippen molar-refractivity contribution in [3.05, 3.63) is 28.3 Å². The standard InChI is InChI=1S/C9H12ClNO/c1-5-3-7(12)4-8(6(2)11)9(5)10/h3-4,6,12H,11H2,1-2H3. The number of hydrogen-bond acceptors (Lipinski definition) is 2. The maximum Gasteiger partial charge on any atom is 0.116 e. The molecule has 12 heavy (non-hydrogen) atoms. The minimum atomic E-state index is -0.150. The molecule has 0 aliphatic carbocycles. The molecule has 1 rings (SSSR count). The number of nitrogens with two attached hydrogens (primary N) is 1. The van der Waals surface area contributed by atoms with Crippen molar-refractivity contribution in [2.24, 2.45) is 5.73 Å². The number of benzene rings is 1. The summed E-state index contributed by atoms with van der Waals surface area (Å²) >= 11 is 5.97. The van der Waals surface area contributed by atoms with Gasteiger partial charge in [-0.15, -0.1) is 0 Å². The Bertz CT molecular complexity index is 297. The molecule has 3 N–H and O–H groups in total. The maximum absolute atomic E-state index is 9.25. The Morgan fingerprint density at radius 3 is 2.58 bits per heavy atom. The van der Waals surface area contributed by atoms with Crippen molar-refractivity contribution in [3.8, 4) is 5.75 Å². The molecule has 0 heterocycles. The maximum atomic E-state index is 9.25. The lowest BCUT2D eigenvalue weighted by atomic mass is 10.1. The van der Waals surface area contributed by atoms with Crippen LogP contribution in [-0.2, 0) is 0 Å². The van der Waals surface area contributed by atoms with E-state index in [-0.39, 0.29) is 11.8 Å². The second-order valence-corrected chi connectivity index (χ2v) is 3.33. The van der Waals surface area contributed by atoms with Crippen LogP contribution in [0.2, 0.25) is 5.02 Å². The molecule has 66 valence electrons. The van der Waals surface area contributed by atoms with Crippen LogP contribution in [0.5, 0.6) is 5.75 Å². The van der Waals surface area contributed by atoms with E-state index in [0.29, 0.717) is 5.02 Å². The van der Waals surface area contributed by atoms with Gasteiger partial charge in [-0.1, -0.05) is 11.6 Å². The van der Waals surface area contributed by atoms with Crippen molar-refractivity contribution in [1.82, 2.24) is 0 Å². The van der Waals surface area contributed by atoms with Gasteiger partial charge in [0, 0.05) is 11.1 Å². The van der Waals surface area contributed by atoms with Gasteiger partial charge in [-0.25, -0.2) is 0 Å². The Morgan fingerprint density at radius 1 is 1.50 bits per heavy atom.